The first-order valence-corrected chi connectivity index (χ1v) is 11.9. The highest BCUT2D eigenvalue weighted by molar-refractivity contribution is 7.89. The summed E-state index contributed by atoms with van der Waals surface area (Å²) in [5.74, 6) is -0.232. The molecule has 4 aromatic rings. The Balaban J connectivity index is 1.65. The van der Waals surface area contributed by atoms with Gasteiger partial charge in [0, 0.05) is 36.5 Å². The van der Waals surface area contributed by atoms with Crippen molar-refractivity contribution in [2.24, 2.45) is 10.1 Å². The number of nitrogens with two attached hydrogens (primary N) is 1. The molecule has 11 heteroatoms. The Morgan fingerprint density at radius 3 is 2.34 bits per heavy atom. The predicted molar refractivity (Wildman–Crippen MR) is 130 cm³/mol. The number of carbonyl (C=O) groups excluding carboxylic acids is 2. The molecule has 1 amide bonds. The normalized spacial score (nSPS) is 15.1. The molecule has 1 aliphatic heterocycles. The van der Waals surface area contributed by atoms with E-state index in [4.69, 9.17) is 5.14 Å². The van der Waals surface area contributed by atoms with Crippen LogP contribution in [0.1, 0.15) is 23.1 Å². The van der Waals surface area contributed by atoms with Gasteiger partial charge in [-0.1, -0.05) is 18.2 Å². The van der Waals surface area contributed by atoms with Gasteiger partial charge in [0.05, 0.1) is 16.1 Å². The van der Waals surface area contributed by atoms with Crippen molar-refractivity contribution in [2.75, 3.05) is 4.90 Å². The van der Waals surface area contributed by atoms with Crippen LogP contribution in [0, 0.1) is 0 Å². The molecule has 0 radical (unpaired) electrons. The van der Waals surface area contributed by atoms with Crippen molar-refractivity contribution in [3.05, 3.63) is 90.3 Å². The molecule has 0 atom stereocenters. The van der Waals surface area contributed by atoms with Gasteiger partial charge in [-0.2, -0.15) is 0 Å². The maximum absolute atomic E-state index is 13.5. The van der Waals surface area contributed by atoms with Crippen LogP contribution in [-0.2, 0) is 14.8 Å². The van der Waals surface area contributed by atoms with Crippen molar-refractivity contribution in [3.63, 3.8) is 0 Å². The number of carbonyl (C=O) groups is 2. The van der Waals surface area contributed by atoms with Crippen LogP contribution in [0.4, 0.5) is 5.69 Å². The lowest BCUT2D eigenvalue weighted by Crippen LogP contribution is -2.33. The summed E-state index contributed by atoms with van der Waals surface area (Å²) in [6.07, 6.45) is 6.32. The second-order valence-corrected chi connectivity index (χ2v) is 9.27. The number of amides is 1. The molecule has 0 aliphatic carbocycles. The molecule has 3 heterocycles. The van der Waals surface area contributed by atoms with E-state index in [-0.39, 0.29) is 28.2 Å². The van der Waals surface area contributed by atoms with E-state index in [1.54, 1.807) is 18.3 Å². The number of benzene rings is 2. The van der Waals surface area contributed by atoms with Gasteiger partial charge in [-0.3, -0.25) is 19.1 Å². The van der Waals surface area contributed by atoms with Crippen LogP contribution in [0.2, 0.25) is 0 Å². The van der Waals surface area contributed by atoms with Crippen LogP contribution in [0.3, 0.4) is 0 Å². The fraction of sp³-hybridized carbons (Fsp3) is 0.0417. The summed E-state index contributed by atoms with van der Waals surface area (Å²) in [6.45, 7) is 1.46. The minimum Gasteiger partial charge on any atom is -0.287 e. The minimum absolute atomic E-state index is 0.0878. The van der Waals surface area contributed by atoms with Gasteiger partial charge in [0.2, 0.25) is 15.9 Å². The first kappa shape index (κ1) is 22.3. The Hall–Kier alpha value is -4.48. The Labute approximate surface area is 200 Å². The van der Waals surface area contributed by atoms with E-state index in [1.807, 2.05) is 24.3 Å². The number of amidine groups is 1. The number of nitrogens with zero attached hydrogens (tertiary/aromatic N) is 5. The molecule has 1 aliphatic rings. The topological polar surface area (TPSA) is 141 Å². The van der Waals surface area contributed by atoms with Gasteiger partial charge in [0.1, 0.15) is 5.70 Å². The summed E-state index contributed by atoms with van der Waals surface area (Å²) in [5, 5.41) is 5.98. The highest BCUT2D eigenvalue weighted by Gasteiger charge is 2.34. The van der Waals surface area contributed by atoms with Crippen LogP contribution in [0.15, 0.2) is 88.8 Å². The average Bonchev–Trinajstić information content (AvgIpc) is 3.38. The molecule has 174 valence electrons. The number of aromatic nitrogens is 3. The summed E-state index contributed by atoms with van der Waals surface area (Å²) in [5.41, 5.74) is 1.82. The summed E-state index contributed by atoms with van der Waals surface area (Å²) in [6, 6.07) is 14.5. The van der Waals surface area contributed by atoms with Crippen LogP contribution >= 0.6 is 0 Å². The van der Waals surface area contributed by atoms with Gasteiger partial charge in [-0.05, 0) is 42.5 Å². The highest BCUT2D eigenvalue weighted by atomic mass is 32.2. The van der Waals surface area contributed by atoms with Crippen molar-refractivity contribution >= 4 is 50.3 Å². The van der Waals surface area contributed by atoms with Crippen LogP contribution < -0.4 is 10.0 Å². The maximum Gasteiger partial charge on any atom is 0.282 e. The molecule has 0 saturated carbocycles. The Bertz CT molecular complexity index is 1660. The van der Waals surface area contributed by atoms with Crippen molar-refractivity contribution in [3.8, 4) is 0 Å². The first-order valence-electron chi connectivity index (χ1n) is 10.4. The summed E-state index contributed by atoms with van der Waals surface area (Å²) < 4.78 is 24.8. The lowest BCUT2D eigenvalue weighted by Gasteiger charge is -2.17. The van der Waals surface area contributed by atoms with E-state index >= 15 is 0 Å². The molecule has 2 N–H and O–H groups in total. The monoisotopic (exact) mass is 486 g/mol. The van der Waals surface area contributed by atoms with Crippen molar-refractivity contribution in [1.29, 1.82) is 0 Å². The van der Waals surface area contributed by atoms with Gasteiger partial charge in [0.25, 0.3) is 5.91 Å². The Kier molecular flexibility index (Phi) is 5.35. The van der Waals surface area contributed by atoms with Crippen LogP contribution in [0.25, 0.3) is 17.0 Å². The Morgan fingerprint density at radius 2 is 1.69 bits per heavy atom. The smallest absolute Gasteiger partial charge is 0.282 e. The number of aliphatic imine (C=N–C) groups is 1. The third kappa shape index (κ3) is 4.03. The molecule has 2 aromatic carbocycles. The number of hydrogen-bond acceptors (Lipinski definition) is 7. The average molecular weight is 487 g/mol. The maximum atomic E-state index is 13.5. The van der Waals surface area contributed by atoms with E-state index in [9.17, 15) is 18.0 Å². The third-order valence-electron chi connectivity index (χ3n) is 5.42. The van der Waals surface area contributed by atoms with E-state index in [2.05, 4.69) is 15.0 Å². The van der Waals surface area contributed by atoms with Gasteiger partial charge in [-0.15, -0.1) is 0 Å². The molecule has 0 unspecified atom stereocenters. The first-order chi connectivity index (χ1) is 16.7. The fourth-order valence-electron chi connectivity index (χ4n) is 3.83. The zero-order chi connectivity index (χ0) is 24.7. The van der Waals surface area contributed by atoms with E-state index in [0.29, 0.717) is 16.8 Å². The summed E-state index contributed by atoms with van der Waals surface area (Å²) >= 11 is 0. The van der Waals surface area contributed by atoms with Crippen LogP contribution in [0.5, 0.6) is 0 Å². The fourth-order valence-corrected chi connectivity index (χ4v) is 4.35. The molecule has 5 rings (SSSR count). The highest BCUT2D eigenvalue weighted by Crippen LogP contribution is 2.30. The number of primary sulfonamides is 1. The predicted octanol–water partition coefficient (Wildman–Crippen LogP) is 2.57. The van der Waals surface area contributed by atoms with E-state index < -0.39 is 15.9 Å². The zero-order valence-electron chi connectivity index (χ0n) is 18.4. The van der Waals surface area contributed by atoms with E-state index in [0.717, 1.165) is 5.39 Å². The van der Waals surface area contributed by atoms with Crippen LogP contribution in [-0.4, -0.2) is 40.6 Å². The number of rotatable bonds is 4. The van der Waals surface area contributed by atoms with Gasteiger partial charge >= 0.3 is 0 Å². The van der Waals surface area contributed by atoms with E-state index in [1.165, 1.54) is 53.0 Å². The van der Waals surface area contributed by atoms with Crippen molar-refractivity contribution in [2.45, 2.75) is 11.8 Å². The molecule has 0 spiro atoms. The number of sulfonamides is 1. The molecule has 10 nitrogen and oxygen atoms in total. The largest absolute Gasteiger partial charge is 0.287 e. The zero-order valence-corrected chi connectivity index (χ0v) is 19.2. The quantitative estimate of drug-likeness (QED) is 0.440. The molecule has 2 aromatic heterocycles. The molecular formula is C24H18N6O4S. The minimum atomic E-state index is -3.90. The summed E-state index contributed by atoms with van der Waals surface area (Å²) in [7, 11) is -3.90. The SMILES string of the molecule is CC(=O)n1cc(/C=C2/N=C(c3ncccn3)N(c3ccc(S(N)(=O)=O)cc3)C2=O)c2ccccc21. The number of para-hydroxylation sites is 1. The lowest BCUT2D eigenvalue weighted by molar-refractivity contribution is -0.113. The number of hydrogen-bond donors (Lipinski definition) is 1. The Morgan fingerprint density at radius 1 is 1.00 bits per heavy atom. The molecular weight excluding hydrogens is 468 g/mol. The second kappa shape index (κ2) is 8.38. The molecule has 0 bridgehead atoms. The van der Waals surface area contributed by atoms with Gasteiger partial charge in [-0.25, -0.2) is 28.5 Å². The molecule has 35 heavy (non-hydrogen) atoms. The van der Waals surface area contributed by atoms with Gasteiger partial charge < -0.3 is 0 Å². The number of fused-ring (bicyclic) bond motifs is 1. The van der Waals surface area contributed by atoms with Crippen molar-refractivity contribution < 1.29 is 18.0 Å². The second-order valence-electron chi connectivity index (χ2n) is 7.71. The van der Waals surface area contributed by atoms with Gasteiger partial charge in [0.15, 0.2) is 11.7 Å². The van der Waals surface area contributed by atoms with Crippen molar-refractivity contribution in [1.82, 2.24) is 14.5 Å². The molecule has 0 saturated heterocycles. The lowest BCUT2D eigenvalue weighted by atomic mass is 10.1. The standard InChI is InChI=1S/C24H18N6O4S/c1-15(31)29-14-16(19-5-2-3-6-21(19)29)13-20-24(32)30(23(28-20)22-26-11-4-12-27-22)17-7-9-18(10-8-17)35(25,33)34/h2-14H,1H3,(H2,25,33,34)/b20-13+. The molecule has 0 fully saturated rings. The summed E-state index contributed by atoms with van der Waals surface area (Å²) in [4.78, 5) is 39.8. The number of anilines is 1. The third-order valence-corrected chi connectivity index (χ3v) is 6.35.